The van der Waals surface area contributed by atoms with Gasteiger partial charge in [0, 0.05) is 23.7 Å². The third-order valence-corrected chi connectivity index (χ3v) is 4.53. The van der Waals surface area contributed by atoms with Crippen molar-refractivity contribution >= 4 is 23.3 Å². The molecule has 0 radical (unpaired) electrons. The molecule has 1 amide bonds. The zero-order valence-corrected chi connectivity index (χ0v) is 15.8. The summed E-state index contributed by atoms with van der Waals surface area (Å²) in [6, 6.07) is 10.0. The second-order valence-electron chi connectivity index (χ2n) is 6.94. The Bertz CT molecular complexity index is 973. The summed E-state index contributed by atoms with van der Waals surface area (Å²) >= 11 is 1.51. The quantitative estimate of drug-likeness (QED) is 0.695. The first-order valence-corrected chi connectivity index (χ1v) is 9.24. The lowest BCUT2D eigenvalue weighted by Gasteiger charge is -2.20. The van der Waals surface area contributed by atoms with Crippen LogP contribution in [-0.4, -0.2) is 30.6 Å². The Labute approximate surface area is 155 Å². The number of hydrogen-bond donors (Lipinski definition) is 1. The predicted octanol–water partition coefficient (Wildman–Crippen LogP) is 2.10. The van der Waals surface area contributed by atoms with E-state index in [4.69, 9.17) is 0 Å². The molecule has 136 valence electrons. The van der Waals surface area contributed by atoms with Crippen molar-refractivity contribution in [2.24, 2.45) is 0 Å². The first kappa shape index (κ1) is 18.2. The van der Waals surface area contributed by atoms with Gasteiger partial charge in [-0.15, -0.1) is 5.10 Å². The summed E-state index contributed by atoms with van der Waals surface area (Å²) in [5, 5.41) is 7.81. The first-order valence-electron chi connectivity index (χ1n) is 8.25. The molecule has 3 aromatic rings. The largest absolute Gasteiger partial charge is 0.350 e. The fourth-order valence-corrected chi connectivity index (χ4v) is 3.35. The van der Waals surface area contributed by atoms with Gasteiger partial charge in [0.05, 0.1) is 0 Å². The molecule has 0 fully saturated rings. The van der Waals surface area contributed by atoms with Crippen molar-refractivity contribution in [2.75, 3.05) is 0 Å². The number of carbonyl (C=O) groups excluding carboxylic acids is 1. The minimum atomic E-state index is -0.363. The van der Waals surface area contributed by atoms with Crippen LogP contribution in [0.2, 0.25) is 0 Å². The second kappa shape index (κ2) is 7.33. The van der Waals surface area contributed by atoms with Gasteiger partial charge in [0.2, 0.25) is 5.91 Å². The van der Waals surface area contributed by atoms with Gasteiger partial charge in [0.25, 0.3) is 0 Å². The summed E-state index contributed by atoms with van der Waals surface area (Å²) < 4.78 is 2.59. The standard InChI is InChI=1S/C18H21N5O2S/c1-18(2,3)20-14(24)11-23-17(25)22-10-9-19-16(15(22)21-23)26-12-13-7-5-4-6-8-13/h4-10H,11-12H2,1-3H3,(H,20,24). The highest BCUT2D eigenvalue weighted by atomic mass is 32.2. The summed E-state index contributed by atoms with van der Waals surface area (Å²) in [7, 11) is 0. The van der Waals surface area contributed by atoms with Gasteiger partial charge in [-0.2, -0.15) is 0 Å². The van der Waals surface area contributed by atoms with Crippen LogP contribution in [0.15, 0.2) is 52.5 Å². The van der Waals surface area contributed by atoms with Crippen LogP contribution in [0.25, 0.3) is 5.65 Å². The van der Waals surface area contributed by atoms with Gasteiger partial charge in [0.15, 0.2) is 5.65 Å². The lowest BCUT2D eigenvalue weighted by Crippen LogP contribution is -2.43. The van der Waals surface area contributed by atoms with Crippen LogP contribution in [0.1, 0.15) is 26.3 Å². The van der Waals surface area contributed by atoms with Crippen LogP contribution in [0.3, 0.4) is 0 Å². The topological polar surface area (TPSA) is 81.3 Å². The fraction of sp³-hybridized carbons (Fsp3) is 0.333. The third-order valence-electron chi connectivity index (χ3n) is 3.50. The zero-order chi connectivity index (χ0) is 18.7. The van der Waals surface area contributed by atoms with Crippen LogP contribution in [0.5, 0.6) is 0 Å². The molecule has 3 rings (SSSR count). The van der Waals surface area contributed by atoms with Crippen LogP contribution < -0.4 is 11.0 Å². The average molecular weight is 371 g/mol. The SMILES string of the molecule is CC(C)(C)NC(=O)Cn1nc2c(SCc3ccccc3)nccn2c1=O. The highest BCUT2D eigenvalue weighted by Gasteiger charge is 2.18. The van der Waals surface area contributed by atoms with Crippen molar-refractivity contribution in [2.45, 2.75) is 43.6 Å². The summed E-state index contributed by atoms with van der Waals surface area (Å²) in [5.74, 6) is 0.466. The summed E-state index contributed by atoms with van der Waals surface area (Å²) in [4.78, 5) is 29.0. The molecule has 0 atom stereocenters. The predicted molar refractivity (Wildman–Crippen MR) is 101 cm³/mol. The highest BCUT2D eigenvalue weighted by molar-refractivity contribution is 7.98. The van der Waals surface area contributed by atoms with E-state index in [2.05, 4.69) is 15.4 Å². The molecule has 0 unspecified atom stereocenters. The summed E-state index contributed by atoms with van der Waals surface area (Å²) in [6.07, 6.45) is 3.14. The lowest BCUT2D eigenvalue weighted by atomic mass is 10.1. The number of hydrogen-bond acceptors (Lipinski definition) is 5. The Morgan fingerprint density at radius 2 is 1.96 bits per heavy atom. The van der Waals surface area contributed by atoms with Crippen LogP contribution in [0, 0.1) is 0 Å². The van der Waals surface area contributed by atoms with E-state index in [1.165, 1.54) is 20.8 Å². The monoisotopic (exact) mass is 371 g/mol. The van der Waals surface area contributed by atoms with Crippen LogP contribution in [-0.2, 0) is 17.1 Å². The van der Waals surface area contributed by atoms with Gasteiger partial charge in [-0.3, -0.25) is 4.79 Å². The van der Waals surface area contributed by atoms with Crippen molar-refractivity contribution in [1.29, 1.82) is 0 Å². The molecule has 26 heavy (non-hydrogen) atoms. The van der Waals surface area contributed by atoms with Crippen molar-refractivity contribution < 1.29 is 4.79 Å². The molecule has 1 aromatic carbocycles. The smallest absolute Gasteiger partial charge is 0.350 e. The van der Waals surface area contributed by atoms with E-state index in [-0.39, 0.29) is 23.7 Å². The van der Waals surface area contributed by atoms with Crippen molar-refractivity contribution in [3.8, 4) is 0 Å². The molecule has 0 saturated heterocycles. The molecule has 0 aliphatic carbocycles. The molecule has 8 heteroatoms. The molecular weight excluding hydrogens is 350 g/mol. The molecule has 0 spiro atoms. The molecule has 0 bridgehead atoms. The van der Waals surface area contributed by atoms with Gasteiger partial charge in [-0.25, -0.2) is 18.9 Å². The van der Waals surface area contributed by atoms with Gasteiger partial charge in [-0.05, 0) is 26.3 Å². The van der Waals surface area contributed by atoms with Gasteiger partial charge in [0.1, 0.15) is 11.6 Å². The molecule has 0 saturated carbocycles. The number of fused-ring (bicyclic) bond motifs is 1. The fourth-order valence-electron chi connectivity index (χ4n) is 2.45. The summed E-state index contributed by atoms with van der Waals surface area (Å²) in [6.45, 7) is 5.54. The zero-order valence-electron chi connectivity index (χ0n) is 15.0. The third kappa shape index (κ3) is 4.32. The Morgan fingerprint density at radius 3 is 2.65 bits per heavy atom. The number of rotatable bonds is 5. The van der Waals surface area contributed by atoms with E-state index in [0.717, 1.165) is 11.3 Å². The molecular formula is C18H21N5O2S. The number of aromatic nitrogens is 4. The average Bonchev–Trinajstić information content (AvgIpc) is 2.89. The molecule has 2 heterocycles. The van der Waals surface area contributed by atoms with Crippen LogP contribution >= 0.6 is 11.8 Å². The maximum Gasteiger partial charge on any atom is 0.350 e. The van der Waals surface area contributed by atoms with E-state index in [0.29, 0.717) is 10.7 Å². The van der Waals surface area contributed by atoms with E-state index in [9.17, 15) is 9.59 Å². The number of amides is 1. The number of nitrogens with one attached hydrogen (secondary N) is 1. The Kier molecular flexibility index (Phi) is 5.13. The van der Waals surface area contributed by atoms with Crippen LogP contribution in [0.4, 0.5) is 0 Å². The summed E-state index contributed by atoms with van der Waals surface area (Å²) in [5.41, 5.74) is 0.903. The maximum absolute atomic E-state index is 12.5. The number of benzene rings is 1. The van der Waals surface area contributed by atoms with E-state index < -0.39 is 0 Å². The van der Waals surface area contributed by atoms with Crippen molar-refractivity contribution in [1.82, 2.24) is 24.5 Å². The van der Waals surface area contributed by atoms with E-state index >= 15 is 0 Å². The normalized spacial score (nSPS) is 11.7. The lowest BCUT2D eigenvalue weighted by molar-refractivity contribution is -0.123. The molecule has 7 nitrogen and oxygen atoms in total. The van der Waals surface area contributed by atoms with Crippen molar-refractivity contribution in [3.05, 3.63) is 58.8 Å². The molecule has 0 aliphatic heterocycles. The van der Waals surface area contributed by atoms with Gasteiger partial charge in [-0.1, -0.05) is 42.1 Å². The molecule has 0 aliphatic rings. The Morgan fingerprint density at radius 1 is 1.23 bits per heavy atom. The Balaban J connectivity index is 1.83. The second-order valence-corrected chi connectivity index (χ2v) is 7.90. The minimum Gasteiger partial charge on any atom is -0.350 e. The minimum absolute atomic E-state index is 0.124. The Hall–Kier alpha value is -2.61. The van der Waals surface area contributed by atoms with E-state index in [1.807, 2.05) is 51.1 Å². The number of thioether (sulfide) groups is 1. The molecule has 1 N–H and O–H groups in total. The van der Waals surface area contributed by atoms with Gasteiger partial charge < -0.3 is 5.32 Å². The van der Waals surface area contributed by atoms with E-state index in [1.54, 1.807) is 12.4 Å². The van der Waals surface area contributed by atoms with Crippen molar-refractivity contribution in [3.63, 3.8) is 0 Å². The maximum atomic E-state index is 12.5. The number of nitrogens with zero attached hydrogens (tertiary/aromatic N) is 4. The van der Waals surface area contributed by atoms with Gasteiger partial charge >= 0.3 is 5.69 Å². The molecule has 2 aromatic heterocycles. The number of carbonyl (C=O) groups is 1. The highest BCUT2D eigenvalue weighted by Crippen LogP contribution is 2.23. The first-order chi connectivity index (χ1) is 12.3.